The lowest BCUT2D eigenvalue weighted by Crippen LogP contribution is -2.19. The van der Waals surface area contributed by atoms with Gasteiger partial charge in [-0.1, -0.05) is 61.5 Å². The first-order valence-electron chi connectivity index (χ1n) is 6.81. The molecule has 4 N–H and O–H groups in total. The van der Waals surface area contributed by atoms with Gasteiger partial charge in [-0.05, 0) is 35.6 Å². The highest BCUT2D eigenvalue weighted by molar-refractivity contribution is 5.63. The molecule has 0 saturated heterocycles. The molecule has 0 amide bonds. The average Bonchev–Trinajstić information content (AvgIpc) is 2.48. The molecule has 0 heterocycles. The molecule has 2 aromatic carbocycles. The molecule has 0 fully saturated rings. The van der Waals surface area contributed by atoms with Gasteiger partial charge in [0.2, 0.25) is 0 Å². The maximum atomic E-state index is 6.20. The Kier molecular flexibility index (Phi) is 4.72. The first kappa shape index (κ1) is 13.8. The molecular formula is C17H22N2. The van der Waals surface area contributed by atoms with E-state index in [1.165, 1.54) is 16.7 Å². The minimum absolute atomic E-state index is 0.0726. The number of nitrogens with two attached hydrogens (primary N) is 2. The summed E-state index contributed by atoms with van der Waals surface area (Å²) in [6, 6.07) is 19.0. The lowest BCUT2D eigenvalue weighted by molar-refractivity contribution is 0.482. The van der Waals surface area contributed by atoms with Crippen LogP contribution >= 0.6 is 0 Å². The first-order valence-corrected chi connectivity index (χ1v) is 6.81. The van der Waals surface area contributed by atoms with E-state index in [9.17, 15) is 0 Å². The van der Waals surface area contributed by atoms with Gasteiger partial charge < -0.3 is 11.5 Å². The summed E-state index contributed by atoms with van der Waals surface area (Å²) in [5.41, 5.74) is 15.5. The summed E-state index contributed by atoms with van der Waals surface area (Å²) in [7, 11) is 0. The largest absolute Gasteiger partial charge is 0.330 e. The van der Waals surface area contributed by atoms with E-state index < -0.39 is 0 Å². The molecule has 2 aromatic rings. The van der Waals surface area contributed by atoms with Crippen molar-refractivity contribution in [3.05, 3.63) is 60.2 Å². The Balaban J connectivity index is 2.10. The average molecular weight is 254 g/mol. The van der Waals surface area contributed by atoms with E-state index in [4.69, 9.17) is 11.5 Å². The van der Waals surface area contributed by atoms with Crippen LogP contribution in [-0.2, 0) is 0 Å². The molecule has 19 heavy (non-hydrogen) atoms. The number of rotatable bonds is 5. The molecule has 0 radical (unpaired) electrons. The summed E-state index contributed by atoms with van der Waals surface area (Å²) in [4.78, 5) is 0. The van der Waals surface area contributed by atoms with Crippen LogP contribution in [0, 0.1) is 5.92 Å². The van der Waals surface area contributed by atoms with Gasteiger partial charge in [-0.15, -0.1) is 0 Å². The molecule has 0 aliphatic heterocycles. The van der Waals surface area contributed by atoms with Gasteiger partial charge in [0.05, 0.1) is 0 Å². The highest BCUT2D eigenvalue weighted by Crippen LogP contribution is 2.23. The van der Waals surface area contributed by atoms with Crippen molar-refractivity contribution >= 4 is 0 Å². The summed E-state index contributed by atoms with van der Waals surface area (Å²) >= 11 is 0. The fourth-order valence-corrected chi connectivity index (χ4v) is 2.22. The Hall–Kier alpha value is -1.64. The molecule has 100 valence electrons. The van der Waals surface area contributed by atoms with E-state index in [1.54, 1.807) is 0 Å². The zero-order valence-corrected chi connectivity index (χ0v) is 11.4. The quantitative estimate of drug-likeness (QED) is 0.859. The molecule has 0 aliphatic rings. The minimum atomic E-state index is 0.0726. The topological polar surface area (TPSA) is 52.0 Å². The molecule has 0 aromatic heterocycles. The number of benzene rings is 2. The predicted molar refractivity (Wildman–Crippen MR) is 81.6 cm³/mol. The minimum Gasteiger partial charge on any atom is -0.330 e. The molecular weight excluding hydrogens is 232 g/mol. The third-order valence-electron chi connectivity index (χ3n) is 3.50. The van der Waals surface area contributed by atoms with E-state index >= 15 is 0 Å². The molecule has 0 saturated carbocycles. The Morgan fingerprint density at radius 3 is 2.05 bits per heavy atom. The van der Waals surface area contributed by atoms with Crippen molar-refractivity contribution in [1.29, 1.82) is 0 Å². The van der Waals surface area contributed by atoms with E-state index in [2.05, 4.69) is 55.5 Å². The summed E-state index contributed by atoms with van der Waals surface area (Å²) in [5, 5.41) is 0. The molecule has 2 atom stereocenters. The van der Waals surface area contributed by atoms with E-state index in [-0.39, 0.29) is 6.04 Å². The Morgan fingerprint density at radius 2 is 1.47 bits per heavy atom. The summed E-state index contributed by atoms with van der Waals surface area (Å²) < 4.78 is 0. The van der Waals surface area contributed by atoms with Gasteiger partial charge in [-0.3, -0.25) is 0 Å². The van der Waals surface area contributed by atoms with E-state index in [0.717, 1.165) is 6.42 Å². The van der Waals surface area contributed by atoms with Gasteiger partial charge in [0.1, 0.15) is 0 Å². The maximum Gasteiger partial charge on any atom is 0.0297 e. The van der Waals surface area contributed by atoms with E-state index in [1.807, 2.05) is 6.07 Å². The highest BCUT2D eigenvalue weighted by atomic mass is 14.6. The second kappa shape index (κ2) is 6.50. The highest BCUT2D eigenvalue weighted by Gasteiger charge is 2.10. The predicted octanol–water partition coefficient (Wildman–Crippen LogP) is 3.34. The van der Waals surface area contributed by atoms with Crippen LogP contribution in [0.1, 0.15) is 24.9 Å². The van der Waals surface area contributed by atoms with Gasteiger partial charge in [0, 0.05) is 6.04 Å². The van der Waals surface area contributed by atoms with Crippen molar-refractivity contribution in [3.8, 4) is 11.1 Å². The Morgan fingerprint density at radius 1 is 0.895 bits per heavy atom. The van der Waals surface area contributed by atoms with Crippen LogP contribution in [0.15, 0.2) is 54.6 Å². The fraction of sp³-hybridized carbons (Fsp3) is 0.294. The lowest BCUT2D eigenvalue weighted by atomic mass is 9.95. The van der Waals surface area contributed by atoms with Crippen LogP contribution in [0.3, 0.4) is 0 Å². The third kappa shape index (κ3) is 3.66. The monoisotopic (exact) mass is 254 g/mol. The Labute approximate surface area is 115 Å². The van der Waals surface area contributed by atoms with Crippen molar-refractivity contribution in [1.82, 2.24) is 0 Å². The first-order chi connectivity index (χ1) is 9.20. The summed E-state index contributed by atoms with van der Waals surface area (Å²) in [6.07, 6.45) is 0.932. The van der Waals surface area contributed by atoms with Gasteiger partial charge in [0.15, 0.2) is 0 Å². The van der Waals surface area contributed by atoms with Crippen LogP contribution in [0.2, 0.25) is 0 Å². The molecule has 0 aliphatic carbocycles. The van der Waals surface area contributed by atoms with Crippen molar-refractivity contribution in [3.63, 3.8) is 0 Å². The smallest absolute Gasteiger partial charge is 0.0297 e. The number of hydrogen-bond acceptors (Lipinski definition) is 2. The zero-order valence-electron chi connectivity index (χ0n) is 11.4. The van der Waals surface area contributed by atoms with Crippen molar-refractivity contribution in [2.45, 2.75) is 19.4 Å². The summed E-state index contributed by atoms with van der Waals surface area (Å²) in [5.74, 6) is 0.462. The maximum absolute atomic E-state index is 6.20. The van der Waals surface area contributed by atoms with Crippen LogP contribution in [-0.4, -0.2) is 6.54 Å². The van der Waals surface area contributed by atoms with Gasteiger partial charge >= 0.3 is 0 Å². The van der Waals surface area contributed by atoms with Crippen LogP contribution in [0.25, 0.3) is 11.1 Å². The normalized spacial score (nSPS) is 14.1. The zero-order chi connectivity index (χ0) is 13.7. The Bertz CT molecular complexity index is 490. The lowest BCUT2D eigenvalue weighted by Gasteiger charge is -2.16. The SMILES string of the molecule is CC(CN)CC(N)c1ccc(-c2ccccc2)cc1. The molecule has 2 nitrogen and oxygen atoms in total. The van der Waals surface area contributed by atoms with Crippen LogP contribution in [0.5, 0.6) is 0 Å². The van der Waals surface area contributed by atoms with Gasteiger partial charge in [-0.25, -0.2) is 0 Å². The van der Waals surface area contributed by atoms with Crippen LogP contribution < -0.4 is 11.5 Å². The van der Waals surface area contributed by atoms with Gasteiger partial charge in [-0.2, -0.15) is 0 Å². The molecule has 2 unspecified atom stereocenters. The second-order valence-corrected chi connectivity index (χ2v) is 5.17. The summed E-state index contributed by atoms with van der Waals surface area (Å²) in [6.45, 7) is 2.83. The van der Waals surface area contributed by atoms with Crippen molar-refractivity contribution in [2.24, 2.45) is 17.4 Å². The fourth-order valence-electron chi connectivity index (χ4n) is 2.22. The second-order valence-electron chi connectivity index (χ2n) is 5.17. The van der Waals surface area contributed by atoms with Gasteiger partial charge in [0.25, 0.3) is 0 Å². The molecule has 2 heteroatoms. The van der Waals surface area contributed by atoms with Crippen molar-refractivity contribution in [2.75, 3.05) is 6.54 Å². The third-order valence-corrected chi connectivity index (χ3v) is 3.50. The van der Waals surface area contributed by atoms with E-state index in [0.29, 0.717) is 12.5 Å². The molecule has 2 rings (SSSR count). The van der Waals surface area contributed by atoms with Crippen LogP contribution in [0.4, 0.5) is 0 Å². The number of hydrogen-bond donors (Lipinski definition) is 2. The standard InChI is InChI=1S/C17H22N2/c1-13(12-18)11-17(19)16-9-7-15(8-10-16)14-5-3-2-4-6-14/h2-10,13,17H,11-12,18-19H2,1H3. The van der Waals surface area contributed by atoms with Crippen molar-refractivity contribution < 1.29 is 0 Å². The molecule has 0 bridgehead atoms. The molecule has 0 spiro atoms.